The molecule has 1 aromatic carbocycles. The molecule has 0 aliphatic carbocycles. The van der Waals surface area contributed by atoms with Crippen molar-refractivity contribution in [2.75, 3.05) is 25.0 Å². The Morgan fingerprint density at radius 1 is 1.42 bits per heavy atom. The van der Waals surface area contributed by atoms with Crippen LogP contribution in [0.2, 0.25) is 0 Å². The van der Waals surface area contributed by atoms with Crippen molar-refractivity contribution in [2.24, 2.45) is 11.7 Å². The number of likely N-dealkylation sites (tertiary alicyclic amines) is 1. The first-order valence-corrected chi connectivity index (χ1v) is 7.01. The number of amides is 2. The molecule has 0 unspecified atom stereocenters. The van der Waals surface area contributed by atoms with Gasteiger partial charge in [0.05, 0.1) is 0 Å². The third kappa shape index (κ3) is 3.96. The topological polar surface area (TPSA) is 58.4 Å². The van der Waals surface area contributed by atoms with E-state index in [2.05, 4.69) is 5.32 Å². The van der Waals surface area contributed by atoms with Crippen LogP contribution in [0.15, 0.2) is 24.3 Å². The van der Waals surface area contributed by atoms with Gasteiger partial charge in [-0.25, -0.2) is 4.79 Å². The van der Waals surface area contributed by atoms with Gasteiger partial charge in [0, 0.05) is 18.8 Å². The van der Waals surface area contributed by atoms with Crippen LogP contribution in [0.3, 0.4) is 0 Å². The van der Waals surface area contributed by atoms with E-state index >= 15 is 0 Å². The van der Waals surface area contributed by atoms with Crippen LogP contribution in [0.25, 0.3) is 0 Å². The lowest BCUT2D eigenvalue weighted by atomic mass is 9.94. The average molecular weight is 261 g/mol. The Morgan fingerprint density at radius 2 is 2.16 bits per heavy atom. The number of aryl methyl sites for hydroxylation is 1. The van der Waals surface area contributed by atoms with Gasteiger partial charge in [-0.2, -0.15) is 0 Å². The molecule has 0 bridgehead atoms. The Labute approximate surface area is 115 Å². The summed E-state index contributed by atoms with van der Waals surface area (Å²) < 4.78 is 0. The van der Waals surface area contributed by atoms with Crippen LogP contribution in [-0.4, -0.2) is 30.6 Å². The lowest BCUT2D eigenvalue weighted by Gasteiger charge is -2.31. The number of carbonyl (C=O) groups excluding carboxylic acids is 1. The summed E-state index contributed by atoms with van der Waals surface area (Å²) >= 11 is 0. The molecule has 0 spiro atoms. The monoisotopic (exact) mass is 261 g/mol. The van der Waals surface area contributed by atoms with Gasteiger partial charge < -0.3 is 16.0 Å². The number of benzene rings is 1. The lowest BCUT2D eigenvalue weighted by Crippen LogP contribution is -2.41. The van der Waals surface area contributed by atoms with Crippen LogP contribution in [0.1, 0.15) is 24.8 Å². The number of nitrogens with two attached hydrogens (primary N) is 1. The zero-order chi connectivity index (χ0) is 13.7. The van der Waals surface area contributed by atoms with Gasteiger partial charge in [-0.15, -0.1) is 0 Å². The maximum Gasteiger partial charge on any atom is 0.321 e. The summed E-state index contributed by atoms with van der Waals surface area (Å²) in [6.07, 6.45) is 3.21. The third-order valence-corrected chi connectivity index (χ3v) is 3.75. The van der Waals surface area contributed by atoms with Crippen LogP contribution in [0.4, 0.5) is 10.5 Å². The van der Waals surface area contributed by atoms with Crippen LogP contribution in [-0.2, 0) is 0 Å². The van der Waals surface area contributed by atoms with Gasteiger partial charge in [0.25, 0.3) is 0 Å². The number of nitrogens with one attached hydrogen (secondary N) is 1. The Kier molecular flexibility index (Phi) is 4.80. The highest BCUT2D eigenvalue weighted by Crippen LogP contribution is 2.20. The minimum atomic E-state index is 0.0109. The number of anilines is 1. The molecule has 2 rings (SSSR count). The number of carbonyl (C=O) groups is 1. The van der Waals surface area contributed by atoms with Gasteiger partial charge in [0.15, 0.2) is 0 Å². The molecule has 1 aliphatic rings. The molecule has 1 aliphatic heterocycles. The van der Waals surface area contributed by atoms with Crippen molar-refractivity contribution in [1.82, 2.24) is 4.90 Å². The maximum absolute atomic E-state index is 12.1. The fourth-order valence-electron chi connectivity index (χ4n) is 2.59. The summed E-state index contributed by atoms with van der Waals surface area (Å²) in [6, 6.07) is 7.90. The Morgan fingerprint density at radius 3 is 2.79 bits per heavy atom. The highest BCUT2D eigenvalue weighted by atomic mass is 16.2. The second-order valence-corrected chi connectivity index (χ2v) is 5.31. The first-order valence-electron chi connectivity index (χ1n) is 7.01. The second-order valence-electron chi connectivity index (χ2n) is 5.31. The van der Waals surface area contributed by atoms with Crippen molar-refractivity contribution in [3.63, 3.8) is 0 Å². The summed E-state index contributed by atoms with van der Waals surface area (Å²) in [4.78, 5) is 14.0. The first kappa shape index (κ1) is 13.9. The van der Waals surface area contributed by atoms with Crippen LogP contribution in [0.5, 0.6) is 0 Å². The van der Waals surface area contributed by atoms with E-state index < -0.39 is 0 Å². The molecule has 1 aromatic rings. The van der Waals surface area contributed by atoms with E-state index in [0.29, 0.717) is 5.92 Å². The van der Waals surface area contributed by atoms with Crippen molar-refractivity contribution >= 4 is 11.7 Å². The van der Waals surface area contributed by atoms with Gasteiger partial charge >= 0.3 is 6.03 Å². The van der Waals surface area contributed by atoms with E-state index in [1.54, 1.807) is 0 Å². The van der Waals surface area contributed by atoms with Crippen molar-refractivity contribution in [3.8, 4) is 0 Å². The smallest absolute Gasteiger partial charge is 0.321 e. The van der Waals surface area contributed by atoms with E-state index in [-0.39, 0.29) is 6.03 Å². The molecule has 3 N–H and O–H groups in total. The van der Waals surface area contributed by atoms with Crippen molar-refractivity contribution in [3.05, 3.63) is 29.8 Å². The summed E-state index contributed by atoms with van der Waals surface area (Å²) in [6.45, 7) is 4.44. The van der Waals surface area contributed by atoms with E-state index in [1.807, 2.05) is 36.1 Å². The molecular weight excluding hydrogens is 238 g/mol. The summed E-state index contributed by atoms with van der Waals surface area (Å²) in [7, 11) is 0. The first-order chi connectivity index (χ1) is 9.19. The van der Waals surface area contributed by atoms with E-state index in [1.165, 1.54) is 0 Å². The standard InChI is InChI=1S/C15H23N3O/c1-12-3-2-4-14(11-12)17-15(19)18-9-6-13(5-8-16)7-10-18/h2-4,11,13H,5-10,16H2,1H3,(H,17,19). The highest BCUT2D eigenvalue weighted by molar-refractivity contribution is 5.89. The summed E-state index contributed by atoms with van der Waals surface area (Å²) in [5, 5.41) is 2.96. The number of piperidine rings is 1. The number of hydrogen-bond acceptors (Lipinski definition) is 2. The molecule has 1 fully saturated rings. The molecule has 0 atom stereocenters. The van der Waals surface area contributed by atoms with Gasteiger partial charge in [-0.05, 0) is 56.3 Å². The molecule has 0 aromatic heterocycles. The number of nitrogens with zero attached hydrogens (tertiary/aromatic N) is 1. The van der Waals surface area contributed by atoms with Crippen LogP contribution >= 0.6 is 0 Å². The highest BCUT2D eigenvalue weighted by Gasteiger charge is 2.22. The van der Waals surface area contributed by atoms with E-state index in [9.17, 15) is 4.79 Å². The molecule has 1 saturated heterocycles. The molecular formula is C15H23N3O. The van der Waals surface area contributed by atoms with Gasteiger partial charge in [0.2, 0.25) is 0 Å². The Balaban J connectivity index is 1.84. The summed E-state index contributed by atoms with van der Waals surface area (Å²) in [5.74, 6) is 0.688. The molecule has 4 nitrogen and oxygen atoms in total. The SMILES string of the molecule is Cc1cccc(NC(=O)N2CCC(CCN)CC2)c1. The minimum Gasteiger partial charge on any atom is -0.330 e. The normalized spacial score (nSPS) is 16.4. The fourth-order valence-corrected chi connectivity index (χ4v) is 2.59. The fraction of sp³-hybridized carbons (Fsp3) is 0.533. The van der Waals surface area contributed by atoms with Gasteiger partial charge in [-0.3, -0.25) is 0 Å². The quantitative estimate of drug-likeness (QED) is 0.878. The summed E-state index contributed by atoms with van der Waals surface area (Å²) in [5.41, 5.74) is 7.60. The zero-order valence-corrected chi connectivity index (χ0v) is 11.6. The number of rotatable bonds is 3. The largest absolute Gasteiger partial charge is 0.330 e. The van der Waals surface area contributed by atoms with Crippen LogP contribution < -0.4 is 11.1 Å². The molecule has 0 saturated carbocycles. The number of urea groups is 1. The van der Waals surface area contributed by atoms with E-state index in [4.69, 9.17) is 5.73 Å². The maximum atomic E-state index is 12.1. The minimum absolute atomic E-state index is 0.0109. The molecule has 2 amide bonds. The zero-order valence-electron chi connectivity index (χ0n) is 11.6. The third-order valence-electron chi connectivity index (χ3n) is 3.75. The average Bonchev–Trinajstić information content (AvgIpc) is 2.40. The predicted molar refractivity (Wildman–Crippen MR) is 78.2 cm³/mol. The molecule has 0 radical (unpaired) electrons. The van der Waals surface area contributed by atoms with Crippen LogP contribution in [0, 0.1) is 12.8 Å². The lowest BCUT2D eigenvalue weighted by molar-refractivity contribution is 0.180. The second kappa shape index (κ2) is 6.57. The Bertz CT molecular complexity index is 425. The van der Waals surface area contributed by atoms with Crippen molar-refractivity contribution in [2.45, 2.75) is 26.2 Å². The van der Waals surface area contributed by atoms with Crippen molar-refractivity contribution < 1.29 is 4.79 Å². The van der Waals surface area contributed by atoms with E-state index in [0.717, 1.165) is 50.1 Å². The Hall–Kier alpha value is -1.55. The van der Waals surface area contributed by atoms with Crippen molar-refractivity contribution in [1.29, 1.82) is 0 Å². The molecule has 19 heavy (non-hydrogen) atoms. The van der Waals surface area contributed by atoms with Gasteiger partial charge in [0.1, 0.15) is 0 Å². The molecule has 4 heteroatoms. The molecule has 104 valence electrons. The predicted octanol–water partition coefficient (Wildman–Crippen LogP) is 2.59. The number of hydrogen-bond donors (Lipinski definition) is 2. The van der Waals surface area contributed by atoms with Gasteiger partial charge in [-0.1, -0.05) is 12.1 Å². The molecule has 1 heterocycles.